The molecule has 0 unspecified atom stereocenters. The number of hydrogen-bond acceptors (Lipinski definition) is 3. The highest BCUT2D eigenvalue weighted by Gasteiger charge is 2.17. The van der Waals surface area contributed by atoms with Crippen molar-refractivity contribution in [2.24, 2.45) is 0 Å². The molecule has 0 bridgehead atoms. The first-order valence-corrected chi connectivity index (χ1v) is 5.92. The zero-order chi connectivity index (χ0) is 13.0. The predicted octanol–water partition coefficient (Wildman–Crippen LogP) is 1.98. The molecule has 2 rings (SSSR count). The van der Waals surface area contributed by atoms with Crippen LogP contribution >= 0.6 is 0 Å². The van der Waals surface area contributed by atoms with Crippen molar-refractivity contribution in [2.45, 2.75) is 26.3 Å². The minimum atomic E-state index is -1.02. The van der Waals surface area contributed by atoms with Gasteiger partial charge in [0.05, 0.1) is 12.2 Å². The largest absolute Gasteiger partial charge is 0.476 e. The second-order valence-electron chi connectivity index (χ2n) is 4.08. The van der Waals surface area contributed by atoms with E-state index in [-0.39, 0.29) is 5.69 Å². The summed E-state index contributed by atoms with van der Waals surface area (Å²) >= 11 is 0. The van der Waals surface area contributed by atoms with E-state index < -0.39 is 5.97 Å². The van der Waals surface area contributed by atoms with Crippen LogP contribution in [0.1, 0.15) is 35.1 Å². The zero-order valence-electron chi connectivity index (χ0n) is 10.2. The maximum Gasteiger partial charge on any atom is 0.358 e. The monoisotopic (exact) mass is 245 g/mol. The van der Waals surface area contributed by atoms with Gasteiger partial charge in [-0.15, -0.1) is 5.10 Å². The number of carboxylic acid groups (broad SMARTS) is 1. The van der Waals surface area contributed by atoms with Crippen LogP contribution in [-0.4, -0.2) is 26.1 Å². The van der Waals surface area contributed by atoms with E-state index in [1.165, 1.54) is 0 Å². The minimum Gasteiger partial charge on any atom is -0.476 e. The van der Waals surface area contributed by atoms with Crippen molar-refractivity contribution in [2.75, 3.05) is 0 Å². The summed E-state index contributed by atoms with van der Waals surface area (Å²) in [4.78, 5) is 11.0. The van der Waals surface area contributed by atoms with E-state index in [1.807, 2.05) is 37.3 Å². The third-order valence-corrected chi connectivity index (χ3v) is 2.70. The smallest absolute Gasteiger partial charge is 0.358 e. The Morgan fingerprint density at radius 2 is 2.06 bits per heavy atom. The Kier molecular flexibility index (Phi) is 3.72. The summed E-state index contributed by atoms with van der Waals surface area (Å²) in [6.07, 6.45) is 1.53. The van der Waals surface area contributed by atoms with Crippen LogP contribution in [0.5, 0.6) is 0 Å². The summed E-state index contributed by atoms with van der Waals surface area (Å²) in [7, 11) is 0. The first-order valence-electron chi connectivity index (χ1n) is 5.92. The van der Waals surface area contributed by atoms with Crippen LogP contribution < -0.4 is 0 Å². The summed E-state index contributed by atoms with van der Waals surface area (Å²) < 4.78 is 1.67. The quantitative estimate of drug-likeness (QED) is 0.874. The lowest BCUT2D eigenvalue weighted by Gasteiger charge is -2.06. The van der Waals surface area contributed by atoms with Gasteiger partial charge in [0.25, 0.3) is 0 Å². The van der Waals surface area contributed by atoms with Crippen molar-refractivity contribution in [3.05, 3.63) is 47.3 Å². The van der Waals surface area contributed by atoms with Crippen LogP contribution in [-0.2, 0) is 13.0 Å². The molecule has 5 nitrogen and oxygen atoms in total. The van der Waals surface area contributed by atoms with Gasteiger partial charge in [0.15, 0.2) is 5.69 Å². The lowest BCUT2D eigenvalue weighted by atomic mass is 10.2. The van der Waals surface area contributed by atoms with Crippen molar-refractivity contribution < 1.29 is 9.90 Å². The van der Waals surface area contributed by atoms with Gasteiger partial charge in [0.2, 0.25) is 0 Å². The molecule has 2 aromatic rings. The fourth-order valence-corrected chi connectivity index (χ4v) is 1.87. The van der Waals surface area contributed by atoms with Gasteiger partial charge in [-0.2, -0.15) is 0 Å². The number of aromatic nitrogens is 3. The van der Waals surface area contributed by atoms with E-state index in [4.69, 9.17) is 5.11 Å². The van der Waals surface area contributed by atoms with Gasteiger partial charge in [0.1, 0.15) is 0 Å². The fourth-order valence-electron chi connectivity index (χ4n) is 1.87. The van der Waals surface area contributed by atoms with E-state index in [0.29, 0.717) is 18.7 Å². The molecule has 1 aromatic heterocycles. The molecule has 1 heterocycles. The zero-order valence-corrected chi connectivity index (χ0v) is 10.2. The van der Waals surface area contributed by atoms with Crippen molar-refractivity contribution in [1.29, 1.82) is 0 Å². The second-order valence-corrected chi connectivity index (χ2v) is 4.08. The normalized spacial score (nSPS) is 10.5. The van der Waals surface area contributed by atoms with Crippen LogP contribution in [0.2, 0.25) is 0 Å². The lowest BCUT2D eigenvalue weighted by Crippen LogP contribution is -2.09. The number of carboxylic acids is 1. The molecule has 0 saturated carbocycles. The van der Waals surface area contributed by atoms with Gasteiger partial charge >= 0.3 is 5.97 Å². The minimum absolute atomic E-state index is 0.0628. The molecule has 0 fully saturated rings. The Labute approximate surface area is 105 Å². The molecule has 18 heavy (non-hydrogen) atoms. The third kappa shape index (κ3) is 2.56. The molecule has 0 amide bonds. The van der Waals surface area contributed by atoms with Gasteiger partial charge in [-0.1, -0.05) is 48.9 Å². The maximum atomic E-state index is 11.0. The Morgan fingerprint density at radius 3 is 2.67 bits per heavy atom. The van der Waals surface area contributed by atoms with E-state index >= 15 is 0 Å². The number of nitrogens with zero attached hydrogens (tertiary/aromatic N) is 3. The first-order chi connectivity index (χ1) is 8.72. The molecular formula is C13H15N3O2. The summed E-state index contributed by atoms with van der Waals surface area (Å²) in [6, 6.07) is 9.81. The molecule has 5 heteroatoms. The maximum absolute atomic E-state index is 11.0. The molecule has 0 aliphatic heterocycles. The van der Waals surface area contributed by atoms with Gasteiger partial charge < -0.3 is 5.11 Å². The molecule has 0 radical (unpaired) electrons. The molecule has 1 aromatic carbocycles. The molecule has 0 aliphatic rings. The first kappa shape index (κ1) is 12.3. The van der Waals surface area contributed by atoms with Crippen LogP contribution in [0.25, 0.3) is 0 Å². The average Bonchev–Trinajstić information content (AvgIpc) is 2.74. The van der Waals surface area contributed by atoms with Gasteiger partial charge in [-0.05, 0) is 12.0 Å². The standard InChI is InChI=1S/C13H15N3O2/c1-2-6-11-12(13(17)18)14-15-16(11)9-10-7-4-3-5-8-10/h3-5,7-8H,2,6,9H2,1H3,(H,17,18). The Hall–Kier alpha value is -2.17. The Bertz CT molecular complexity index is 534. The molecule has 1 N–H and O–H groups in total. The summed E-state index contributed by atoms with van der Waals surface area (Å²) in [5.41, 5.74) is 1.83. The number of hydrogen-bond donors (Lipinski definition) is 1. The highest BCUT2D eigenvalue weighted by Crippen LogP contribution is 2.11. The van der Waals surface area contributed by atoms with Gasteiger partial charge in [0, 0.05) is 0 Å². The number of benzene rings is 1. The fraction of sp³-hybridized carbons (Fsp3) is 0.308. The number of carbonyl (C=O) groups is 1. The van der Waals surface area contributed by atoms with Crippen molar-refractivity contribution in [3.63, 3.8) is 0 Å². The van der Waals surface area contributed by atoms with Crippen LogP contribution in [0.4, 0.5) is 0 Å². The summed E-state index contributed by atoms with van der Waals surface area (Å²) in [5.74, 6) is -1.02. The third-order valence-electron chi connectivity index (χ3n) is 2.70. The van der Waals surface area contributed by atoms with Gasteiger partial charge in [-0.3, -0.25) is 0 Å². The van der Waals surface area contributed by atoms with Crippen molar-refractivity contribution >= 4 is 5.97 Å². The highest BCUT2D eigenvalue weighted by molar-refractivity contribution is 5.86. The average molecular weight is 245 g/mol. The lowest BCUT2D eigenvalue weighted by molar-refractivity contribution is 0.0689. The van der Waals surface area contributed by atoms with Crippen molar-refractivity contribution in [3.8, 4) is 0 Å². The van der Waals surface area contributed by atoms with Crippen LogP contribution in [0.3, 0.4) is 0 Å². The number of aromatic carboxylic acids is 1. The Balaban J connectivity index is 2.30. The summed E-state index contributed by atoms with van der Waals surface area (Å²) in [5, 5.41) is 16.7. The van der Waals surface area contributed by atoms with E-state index in [9.17, 15) is 4.79 Å². The molecule has 0 saturated heterocycles. The van der Waals surface area contributed by atoms with E-state index in [0.717, 1.165) is 12.0 Å². The molecule has 94 valence electrons. The van der Waals surface area contributed by atoms with Crippen molar-refractivity contribution in [1.82, 2.24) is 15.0 Å². The van der Waals surface area contributed by atoms with E-state index in [1.54, 1.807) is 4.68 Å². The molecular weight excluding hydrogens is 230 g/mol. The van der Waals surface area contributed by atoms with Gasteiger partial charge in [-0.25, -0.2) is 9.48 Å². The number of rotatable bonds is 5. The molecule has 0 aliphatic carbocycles. The summed E-state index contributed by atoms with van der Waals surface area (Å²) in [6.45, 7) is 2.56. The molecule has 0 spiro atoms. The Morgan fingerprint density at radius 1 is 1.33 bits per heavy atom. The SMILES string of the molecule is CCCc1c(C(=O)O)nnn1Cc1ccccc1. The van der Waals surface area contributed by atoms with Crippen LogP contribution in [0, 0.1) is 0 Å². The molecule has 0 atom stereocenters. The highest BCUT2D eigenvalue weighted by atomic mass is 16.4. The van der Waals surface area contributed by atoms with Crippen LogP contribution in [0.15, 0.2) is 30.3 Å². The predicted molar refractivity (Wildman–Crippen MR) is 66.5 cm³/mol. The second kappa shape index (κ2) is 5.44. The topological polar surface area (TPSA) is 68.0 Å². The van der Waals surface area contributed by atoms with E-state index in [2.05, 4.69) is 10.3 Å².